The number of nitrogens with zero attached hydrogens (tertiary/aromatic N) is 3. The Morgan fingerprint density at radius 3 is 2.88 bits per heavy atom. The second-order valence-corrected chi connectivity index (χ2v) is 4.72. The van der Waals surface area contributed by atoms with Gasteiger partial charge in [0, 0.05) is 25.1 Å². The lowest BCUT2D eigenvalue weighted by Crippen LogP contribution is -2.42. The molecule has 2 rings (SSSR count). The molecule has 0 N–H and O–H groups in total. The van der Waals surface area contributed by atoms with Gasteiger partial charge in [-0.25, -0.2) is 9.97 Å². The first-order valence-electron chi connectivity index (χ1n) is 6.01. The second-order valence-electron chi connectivity index (χ2n) is 4.36. The lowest BCUT2D eigenvalue weighted by molar-refractivity contribution is 0.0529. The van der Waals surface area contributed by atoms with Gasteiger partial charge < -0.3 is 9.64 Å². The van der Waals surface area contributed by atoms with E-state index in [9.17, 15) is 0 Å². The third kappa shape index (κ3) is 2.69. The van der Waals surface area contributed by atoms with Crippen LogP contribution in [0, 0.1) is 6.92 Å². The molecule has 0 radical (unpaired) electrons. The summed E-state index contributed by atoms with van der Waals surface area (Å²) in [6, 6.07) is 0. The molecule has 1 aromatic heterocycles. The molecule has 0 spiro atoms. The number of rotatable bonds is 2. The number of hydrogen-bond donors (Lipinski definition) is 0. The standard InChI is InChI=1S/C12H18ClN3O/c1-4-10-14-11(13)9(3)12(15-10)16-5-6-17-8(2)7-16/h8H,4-7H2,1-3H3. The molecule has 2 heterocycles. The van der Waals surface area contributed by atoms with Gasteiger partial charge in [0.05, 0.1) is 12.7 Å². The maximum Gasteiger partial charge on any atom is 0.137 e. The smallest absolute Gasteiger partial charge is 0.137 e. The molecule has 1 aliphatic rings. The molecule has 1 saturated heterocycles. The number of aromatic nitrogens is 2. The maximum absolute atomic E-state index is 6.14. The summed E-state index contributed by atoms with van der Waals surface area (Å²) >= 11 is 6.14. The average Bonchev–Trinajstić information content (AvgIpc) is 2.32. The lowest BCUT2D eigenvalue weighted by atomic mass is 10.2. The molecule has 17 heavy (non-hydrogen) atoms. The Balaban J connectivity index is 2.33. The van der Waals surface area contributed by atoms with Crippen LogP contribution in [0.2, 0.25) is 5.15 Å². The molecular weight excluding hydrogens is 238 g/mol. The molecule has 1 atom stereocenters. The topological polar surface area (TPSA) is 38.2 Å². The highest BCUT2D eigenvalue weighted by Crippen LogP contribution is 2.25. The van der Waals surface area contributed by atoms with Gasteiger partial charge >= 0.3 is 0 Å². The molecule has 0 amide bonds. The van der Waals surface area contributed by atoms with Crippen LogP contribution in [-0.4, -0.2) is 35.8 Å². The van der Waals surface area contributed by atoms with Gasteiger partial charge in [0.25, 0.3) is 0 Å². The number of hydrogen-bond acceptors (Lipinski definition) is 4. The largest absolute Gasteiger partial charge is 0.375 e. The predicted octanol–water partition coefficient (Wildman–Crippen LogP) is 2.23. The SMILES string of the molecule is CCc1nc(Cl)c(C)c(N2CCOC(C)C2)n1. The molecule has 94 valence electrons. The van der Waals surface area contributed by atoms with Crippen molar-refractivity contribution in [1.82, 2.24) is 9.97 Å². The summed E-state index contributed by atoms with van der Waals surface area (Å²) in [7, 11) is 0. The third-order valence-corrected chi connectivity index (χ3v) is 3.33. The minimum absolute atomic E-state index is 0.238. The zero-order valence-corrected chi connectivity index (χ0v) is 11.3. The van der Waals surface area contributed by atoms with E-state index in [4.69, 9.17) is 16.3 Å². The average molecular weight is 256 g/mol. The predicted molar refractivity (Wildman–Crippen MR) is 68.8 cm³/mol. The van der Waals surface area contributed by atoms with Crippen LogP contribution in [0.3, 0.4) is 0 Å². The molecule has 1 unspecified atom stereocenters. The Bertz CT molecular complexity index is 411. The van der Waals surface area contributed by atoms with Gasteiger partial charge in [-0.2, -0.15) is 0 Å². The fourth-order valence-corrected chi connectivity index (χ4v) is 2.18. The highest BCUT2D eigenvalue weighted by molar-refractivity contribution is 6.30. The van der Waals surface area contributed by atoms with Crippen molar-refractivity contribution in [2.24, 2.45) is 0 Å². The minimum atomic E-state index is 0.238. The van der Waals surface area contributed by atoms with Crippen LogP contribution in [0.5, 0.6) is 0 Å². The highest BCUT2D eigenvalue weighted by Gasteiger charge is 2.21. The van der Waals surface area contributed by atoms with Gasteiger partial charge in [-0.1, -0.05) is 18.5 Å². The van der Waals surface area contributed by atoms with Crippen LogP contribution in [0.25, 0.3) is 0 Å². The van der Waals surface area contributed by atoms with Crippen molar-refractivity contribution in [3.05, 3.63) is 16.5 Å². The number of aryl methyl sites for hydroxylation is 1. The van der Waals surface area contributed by atoms with Gasteiger partial charge in [-0.3, -0.25) is 0 Å². The van der Waals surface area contributed by atoms with Gasteiger partial charge in [-0.15, -0.1) is 0 Å². The summed E-state index contributed by atoms with van der Waals surface area (Å²) in [6.45, 7) is 8.54. The fourth-order valence-electron chi connectivity index (χ4n) is 2.00. The monoisotopic (exact) mass is 255 g/mol. The Hall–Kier alpha value is -0.870. The van der Waals surface area contributed by atoms with Gasteiger partial charge in [0.15, 0.2) is 0 Å². The summed E-state index contributed by atoms with van der Waals surface area (Å²) in [4.78, 5) is 11.1. The van der Waals surface area contributed by atoms with Crippen LogP contribution in [0.15, 0.2) is 0 Å². The Morgan fingerprint density at radius 2 is 2.24 bits per heavy atom. The Labute approximate surface area is 107 Å². The highest BCUT2D eigenvalue weighted by atomic mass is 35.5. The van der Waals surface area contributed by atoms with Crippen LogP contribution >= 0.6 is 11.6 Å². The zero-order valence-electron chi connectivity index (χ0n) is 10.5. The van der Waals surface area contributed by atoms with Crippen LogP contribution < -0.4 is 4.90 Å². The summed E-state index contributed by atoms with van der Waals surface area (Å²) in [6.07, 6.45) is 1.04. The van der Waals surface area contributed by atoms with Gasteiger partial charge in [0.2, 0.25) is 0 Å². The molecule has 4 nitrogen and oxygen atoms in total. The fraction of sp³-hybridized carbons (Fsp3) is 0.667. The second kappa shape index (κ2) is 5.19. The summed E-state index contributed by atoms with van der Waals surface area (Å²) in [5.41, 5.74) is 0.956. The first kappa shape index (κ1) is 12.6. The first-order chi connectivity index (χ1) is 8.11. The molecule has 1 aromatic rings. The molecule has 1 aliphatic heterocycles. The Kier molecular flexibility index (Phi) is 3.84. The summed E-state index contributed by atoms with van der Waals surface area (Å²) in [5.74, 6) is 1.76. The minimum Gasteiger partial charge on any atom is -0.375 e. The van der Waals surface area contributed by atoms with E-state index < -0.39 is 0 Å². The van der Waals surface area contributed by atoms with Crippen LogP contribution in [0.1, 0.15) is 25.2 Å². The Morgan fingerprint density at radius 1 is 1.47 bits per heavy atom. The molecular formula is C12H18ClN3O. The van der Waals surface area contributed by atoms with E-state index in [1.807, 2.05) is 13.8 Å². The summed E-state index contributed by atoms with van der Waals surface area (Å²) in [5, 5.41) is 0.561. The number of morpholine rings is 1. The molecule has 0 aromatic carbocycles. The molecule has 1 fully saturated rings. The van der Waals surface area contributed by atoms with Gasteiger partial charge in [0.1, 0.15) is 16.8 Å². The van der Waals surface area contributed by atoms with Crippen molar-refractivity contribution >= 4 is 17.4 Å². The zero-order chi connectivity index (χ0) is 12.4. The normalized spacial score (nSPS) is 20.7. The van der Waals surface area contributed by atoms with E-state index in [-0.39, 0.29) is 6.10 Å². The maximum atomic E-state index is 6.14. The number of ether oxygens (including phenoxy) is 1. The van der Waals surface area contributed by atoms with Crippen molar-refractivity contribution in [3.8, 4) is 0 Å². The third-order valence-electron chi connectivity index (χ3n) is 2.96. The van der Waals surface area contributed by atoms with E-state index in [1.54, 1.807) is 0 Å². The molecule has 0 saturated carbocycles. The van der Waals surface area contributed by atoms with Crippen molar-refractivity contribution in [2.45, 2.75) is 33.3 Å². The van der Waals surface area contributed by atoms with E-state index in [1.165, 1.54) is 0 Å². The van der Waals surface area contributed by atoms with Crippen LogP contribution in [-0.2, 0) is 11.2 Å². The van der Waals surface area contributed by atoms with Crippen molar-refractivity contribution in [2.75, 3.05) is 24.6 Å². The van der Waals surface area contributed by atoms with E-state index in [0.29, 0.717) is 5.15 Å². The van der Waals surface area contributed by atoms with Crippen LogP contribution in [0.4, 0.5) is 5.82 Å². The molecule has 0 aliphatic carbocycles. The quantitative estimate of drug-likeness (QED) is 0.760. The van der Waals surface area contributed by atoms with E-state index >= 15 is 0 Å². The summed E-state index contributed by atoms with van der Waals surface area (Å²) < 4.78 is 5.54. The molecule has 0 bridgehead atoms. The van der Waals surface area contributed by atoms with E-state index in [0.717, 1.165) is 43.3 Å². The number of halogens is 1. The van der Waals surface area contributed by atoms with Gasteiger partial charge in [-0.05, 0) is 13.8 Å². The number of anilines is 1. The van der Waals surface area contributed by atoms with Crippen molar-refractivity contribution in [1.29, 1.82) is 0 Å². The van der Waals surface area contributed by atoms with E-state index in [2.05, 4.69) is 21.8 Å². The first-order valence-corrected chi connectivity index (χ1v) is 6.39. The lowest BCUT2D eigenvalue weighted by Gasteiger charge is -2.33. The van der Waals surface area contributed by atoms with Crippen molar-refractivity contribution in [3.63, 3.8) is 0 Å². The molecule has 5 heteroatoms. The van der Waals surface area contributed by atoms with Crippen molar-refractivity contribution < 1.29 is 4.74 Å².